The number of aromatic nitrogens is 1. The first-order valence-corrected chi connectivity index (χ1v) is 13.0. The minimum Gasteiger partial charge on any atom is -0.437 e. The van der Waals surface area contributed by atoms with Gasteiger partial charge in [-0.05, 0) is 50.1 Å². The van der Waals surface area contributed by atoms with Crippen molar-refractivity contribution in [3.8, 4) is 11.6 Å². The van der Waals surface area contributed by atoms with Crippen LogP contribution in [0.5, 0.6) is 11.6 Å². The highest BCUT2D eigenvalue weighted by atomic mass is 35.5. The minimum absolute atomic E-state index is 0.0229. The number of para-hydroxylation sites is 2. The van der Waals surface area contributed by atoms with Crippen LogP contribution in [-0.2, 0) is 9.53 Å². The van der Waals surface area contributed by atoms with Crippen LogP contribution in [0.4, 0.5) is 15.8 Å². The van der Waals surface area contributed by atoms with Crippen LogP contribution in [0, 0.1) is 5.82 Å². The number of rotatable bonds is 9. The third-order valence-corrected chi connectivity index (χ3v) is 6.34. The molecule has 202 valence electrons. The van der Waals surface area contributed by atoms with Crippen molar-refractivity contribution in [1.29, 1.82) is 0 Å². The average Bonchev–Trinajstić information content (AvgIpc) is 2.93. The lowest BCUT2D eigenvalue weighted by molar-refractivity contribution is -0.107. The number of amides is 1. The number of methoxy groups -OCH3 is 1. The molecule has 0 atom stereocenters. The normalized spacial score (nSPS) is 12.3. The molecular formula is C28H30Cl2FN3O4. The summed E-state index contributed by atoms with van der Waals surface area (Å²) in [4.78, 5) is 32.0. The molecular weight excluding hydrogens is 532 g/mol. The van der Waals surface area contributed by atoms with Gasteiger partial charge in [0.1, 0.15) is 23.4 Å². The summed E-state index contributed by atoms with van der Waals surface area (Å²) in [5.41, 5.74) is 1.59. The molecule has 0 aliphatic carbocycles. The lowest BCUT2D eigenvalue weighted by Crippen LogP contribution is -2.44. The fourth-order valence-electron chi connectivity index (χ4n) is 3.86. The molecule has 0 saturated carbocycles. The van der Waals surface area contributed by atoms with Gasteiger partial charge < -0.3 is 24.1 Å². The van der Waals surface area contributed by atoms with Gasteiger partial charge in [-0.25, -0.2) is 9.37 Å². The number of halogens is 3. The molecule has 2 heterocycles. The summed E-state index contributed by atoms with van der Waals surface area (Å²) < 4.78 is 24.5. The highest BCUT2D eigenvalue weighted by molar-refractivity contribution is 6.34. The van der Waals surface area contributed by atoms with Crippen molar-refractivity contribution in [3.05, 3.63) is 76.2 Å². The molecule has 0 fully saturated rings. The van der Waals surface area contributed by atoms with Crippen LogP contribution in [0.15, 0.2) is 54.7 Å². The summed E-state index contributed by atoms with van der Waals surface area (Å²) in [5, 5.41) is 0.676. The van der Waals surface area contributed by atoms with Gasteiger partial charge in [-0.1, -0.05) is 35.3 Å². The molecule has 1 aromatic heterocycles. The fraction of sp³-hybridized carbons (Fsp3) is 0.321. The third kappa shape index (κ3) is 7.66. The number of nitrogens with zero attached hydrogens (tertiary/aromatic N) is 3. The minimum atomic E-state index is -0.657. The molecule has 7 nitrogen and oxygen atoms in total. The number of hydrogen-bond acceptors (Lipinski definition) is 6. The second-order valence-corrected chi connectivity index (χ2v) is 9.20. The molecule has 1 aliphatic rings. The van der Waals surface area contributed by atoms with E-state index in [1.54, 1.807) is 24.1 Å². The maximum Gasteiger partial charge on any atom is 0.264 e. The van der Waals surface area contributed by atoms with Crippen LogP contribution >= 0.6 is 23.2 Å². The SMILES string of the molecule is CCOC.O=CCCCCN1CCN(C(=O)c2cc(F)cnc2Oc2cc(Cl)ccc2Cl)c2ccccc21. The Labute approximate surface area is 232 Å². The van der Waals surface area contributed by atoms with E-state index >= 15 is 0 Å². The molecule has 2 aromatic carbocycles. The molecule has 0 N–H and O–H groups in total. The highest BCUT2D eigenvalue weighted by Gasteiger charge is 2.30. The first-order chi connectivity index (χ1) is 18.4. The van der Waals surface area contributed by atoms with Gasteiger partial charge in [0.25, 0.3) is 5.91 Å². The lowest BCUT2D eigenvalue weighted by Gasteiger charge is -2.38. The van der Waals surface area contributed by atoms with E-state index in [9.17, 15) is 14.0 Å². The number of anilines is 2. The van der Waals surface area contributed by atoms with E-state index in [-0.39, 0.29) is 22.2 Å². The molecule has 10 heteroatoms. The van der Waals surface area contributed by atoms with Crippen molar-refractivity contribution in [2.45, 2.75) is 26.2 Å². The van der Waals surface area contributed by atoms with Gasteiger partial charge in [0.2, 0.25) is 5.88 Å². The number of carbonyl (C=O) groups is 2. The summed E-state index contributed by atoms with van der Waals surface area (Å²) >= 11 is 12.2. The standard InChI is InChI=1S/C25H22Cl2FN3O3.C3H8O/c26-17-8-9-20(27)23(14-17)34-24-19(15-18(28)16-29-24)25(33)31-12-11-30(10-4-1-5-13-32)21-6-2-3-7-22(21)31;1-3-4-2/h2-3,6-9,13-16H,1,4-5,10-12H2;3H2,1-2H3. The number of ether oxygens (including phenoxy) is 2. The summed E-state index contributed by atoms with van der Waals surface area (Å²) in [6.45, 7) is 4.55. The highest BCUT2D eigenvalue weighted by Crippen LogP contribution is 2.37. The maximum atomic E-state index is 14.1. The number of carbonyl (C=O) groups excluding carboxylic acids is 2. The lowest BCUT2D eigenvalue weighted by atomic mass is 10.1. The van der Waals surface area contributed by atoms with Crippen LogP contribution in [0.3, 0.4) is 0 Å². The van der Waals surface area contributed by atoms with E-state index in [2.05, 4.69) is 14.6 Å². The van der Waals surface area contributed by atoms with Crippen molar-refractivity contribution in [3.63, 3.8) is 0 Å². The zero-order chi connectivity index (χ0) is 27.5. The molecule has 0 saturated heterocycles. The number of benzene rings is 2. The first-order valence-electron chi connectivity index (χ1n) is 12.3. The molecule has 0 bridgehead atoms. The Morgan fingerprint density at radius 2 is 1.84 bits per heavy atom. The Balaban J connectivity index is 0.000000934. The summed E-state index contributed by atoms with van der Waals surface area (Å²) in [5.74, 6) is -0.949. The van der Waals surface area contributed by atoms with Crippen molar-refractivity contribution >= 4 is 46.8 Å². The summed E-state index contributed by atoms with van der Waals surface area (Å²) in [7, 11) is 1.68. The van der Waals surface area contributed by atoms with Gasteiger partial charge in [-0.2, -0.15) is 0 Å². The van der Waals surface area contributed by atoms with E-state index in [1.807, 2.05) is 31.2 Å². The Hall–Kier alpha value is -3.20. The molecule has 38 heavy (non-hydrogen) atoms. The Morgan fingerprint density at radius 1 is 1.11 bits per heavy atom. The second kappa shape index (κ2) is 14.7. The summed E-state index contributed by atoms with van der Waals surface area (Å²) in [6, 6.07) is 13.3. The van der Waals surface area contributed by atoms with Gasteiger partial charge in [0, 0.05) is 50.9 Å². The van der Waals surface area contributed by atoms with E-state index in [1.165, 1.54) is 6.07 Å². The number of aldehydes is 1. The zero-order valence-electron chi connectivity index (χ0n) is 21.3. The molecule has 0 radical (unpaired) electrons. The fourth-order valence-corrected chi connectivity index (χ4v) is 4.18. The largest absolute Gasteiger partial charge is 0.437 e. The van der Waals surface area contributed by atoms with Crippen molar-refractivity contribution < 1.29 is 23.5 Å². The summed E-state index contributed by atoms with van der Waals surface area (Å²) in [6.07, 6.45) is 4.12. The number of hydrogen-bond donors (Lipinski definition) is 0. The third-order valence-electron chi connectivity index (χ3n) is 5.79. The van der Waals surface area contributed by atoms with Gasteiger partial charge >= 0.3 is 0 Å². The van der Waals surface area contributed by atoms with E-state index in [0.29, 0.717) is 30.2 Å². The smallest absolute Gasteiger partial charge is 0.264 e. The van der Waals surface area contributed by atoms with Gasteiger partial charge in [0.05, 0.1) is 22.6 Å². The number of fused-ring (bicyclic) bond motifs is 1. The zero-order valence-corrected chi connectivity index (χ0v) is 22.8. The van der Waals surface area contributed by atoms with Gasteiger partial charge in [-0.3, -0.25) is 4.79 Å². The number of unbranched alkanes of at least 4 members (excludes halogenated alkanes) is 2. The molecule has 3 aromatic rings. The van der Waals surface area contributed by atoms with Crippen molar-refractivity contribution in [2.24, 2.45) is 0 Å². The molecule has 0 unspecified atom stereocenters. The number of pyridine rings is 1. The molecule has 1 amide bonds. The van der Waals surface area contributed by atoms with E-state index in [4.69, 9.17) is 27.9 Å². The Kier molecular flexibility index (Phi) is 11.3. The molecule has 0 spiro atoms. The van der Waals surface area contributed by atoms with Crippen LogP contribution in [0.25, 0.3) is 0 Å². The first kappa shape index (κ1) is 29.4. The van der Waals surface area contributed by atoms with Crippen molar-refractivity contribution in [2.75, 3.05) is 43.2 Å². The Bertz CT molecular complexity index is 1240. The van der Waals surface area contributed by atoms with Crippen LogP contribution < -0.4 is 14.5 Å². The maximum absolute atomic E-state index is 14.1. The quantitative estimate of drug-likeness (QED) is 0.211. The van der Waals surface area contributed by atoms with Crippen LogP contribution in [0.1, 0.15) is 36.5 Å². The molecule has 1 aliphatic heterocycles. The topological polar surface area (TPSA) is 72.0 Å². The van der Waals surface area contributed by atoms with E-state index < -0.39 is 11.7 Å². The molecule has 4 rings (SSSR count). The van der Waals surface area contributed by atoms with Crippen LogP contribution in [0.2, 0.25) is 10.0 Å². The van der Waals surface area contributed by atoms with Crippen molar-refractivity contribution in [1.82, 2.24) is 4.98 Å². The van der Waals surface area contributed by atoms with E-state index in [0.717, 1.165) is 50.2 Å². The average molecular weight is 562 g/mol. The van der Waals surface area contributed by atoms with Gasteiger partial charge in [0.15, 0.2) is 0 Å². The second-order valence-electron chi connectivity index (χ2n) is 8.36. The van der Waals surface area contributed by atoms with Gasteiger partial charge in [-0.15, -0.1) is 0 Å². The monoisotopic (exact) mass is 561 g/mol. The predicted molar refractivity (Wildman–Crippen MR) is 149 cm³/mol. The Morgan fingerprint density at radius 3 is 2.55 bits per heavy atom. The van der Waals surface area contributed by atoms with Crippen LogP contribution in [-0.4, -0.2) is 50.5 Å². The predicted octanol–water partition coefficient (Wildman–Crippen LogP) is 6.81.